The van der Waals surface area contributed by atoms with E-state index in [9.17, 15) is 4.79 Å². The summed E-state index contributed by atoms with van der Waals surface area (Å²) in [5, 5.41) is 5.94. The van der Waals surface area contributed by atoms with Crippen LogP contribution in [0.25, 0.3) is 0 Å². The minimum absolute atomic E-state index is 0.0806. The number of nitrogens with zero attached hydrogens (tertiary/aromatic N) is 1. The summed E-state index contributed by atoms with van der Waals surface area (Å²) in [6, 6.07) is 11.0. The summed E-state index contributed by atoms with van der Waals surface area (Å²) in [5.41, 5.74) is 1.59. The molecule has 22 heavy (non-hydrogen) atoms. The SMILES string of the molecule is CNCCCNC(=O)c1cccc(OCc2cccnc2)c1. The van der Waals surface area contributed by atoms with Gasteiger partial charge in [-0.25, -0.2) is 0 Å². The van der Waals surface area contributed by atoms with Crippen LogP contribution in [-0.4, -0.2) is 31.0 Å². The molecule has 5 nitrogen and oxygen atoms in total. The second-order valence-electron chi connectivity index (χ2n) is 4.89. The molecular formula is C17H21N3O2. The van der Waals surface area contributed by atoms with Crippen molar-refractivity contribution in [2.24, 2.45) is 0 Å². The van der Waals surface area contributed by atoms with Gasteiger partial charge in [-0.05, 0) is 44.3 Å². The second-order valence-corrected chi connectivity index (χ2v) is 4.89. The molecule has 0 saturated carbocycles. The maximum Gasteiger partial charge on any atom is 0.251 e. The van der Waals surface area contributed by atoms with Crippen molar-refractivity contribution in [3.8, 4) is 5.75 Å². The second kappa shape index (κ2) is 8.79. The lowest BCUT2D eigenvalue weighted by atomic mass is 10.2. The van der Waals surface area contributed by atoms with Crippen LogP contribution in [0, 0.1) is 0 Å². The third kappa shape index (κ3) is 5.18. The van der Waals surface area contributed by atoms with Crippen LogP contribution in [0.5, 0.6) is 5.75 Å². The highest BCUT2D eigenvalue weighted by Gasteiger charge is 2.06. The van der Waals surface area contributed by atoms with Crippen LogP contribution in [0.4, 0.5) is 0 Å². The Balaban J connectivity index is 1.87. The minimum Gasteiger partial charge on any atom is -0.489 e. The van der Waals surface area contributed by atoms with Crippen molar-refractivity contribution < 1.29 is 9.53 Å². The quantitative estimate of drug-likeness (QED) is 0.732. The number of aromatic nitrogens is 1. The van der Waals surface area contributed by atoms with Gasteiger partial charge in [0.15, 0.2) is 0 Å². The predicted molar refractivity (Wildman–Crippen MR) is 85.9 cm³/mol. The van der Waals surface area contributed by atoms with Crippen molar-refractivity contribution in [2.45, 2.75) is 13.0 Å². The highest BCUT2D eigenvalue weighted by atomic mass is 16.5. The van der Waals surface area contributed by atoms with E-state index >= 15 is 0 Å². The van der Waals surface area contributed by atoms with Crippen LogP contribution in [0.3, 0.4) is 0 Å². The zero-order valence-corrected chi connectivity index (χ0v) is 12.7. The van der Waals surface area contributed by atoms with E-state index in [2.05, 4.69) is 15.6 Å². The Hall–Kier alpha value is -2.40. The first-order valence-electron chi connectivity index (χ1n) is 7.34. The van der Waals surface area contributed by atoms with E-state index in [0.29, 0.717) is 24.5 Å². The molecule has 1 amide bonds. The Morgan fingerprint density at radius 3 is 2.91 bits per heavy atom. The molecule has 0 atom stereocenters. The summed E-state index contributed by atoms with van der Waals surface area (Å²) in [6.07, 6.45) is 4.39. The van der Waals surface area contributed by atoms with Crippen LogP contribution in [0.2, 0.25) is 0 Å². The molecule has 1 heterocycles. The fourth-order valence-corrected chi connectivity index (χ4v) is 1.95. The van der Waals surface area contributed by atoms with Gasteiger partial charge < -0.3 is 15.4 Å². The van der Waals surface area contributed by atoms with Crippen molar-refractivity contribution in [3.05, 3.63) is 59.9 Å². The van der Waals surface area contributed by atoms with Gasteiger partial charge in [0.1, 0.15) is 12.4 Å². The molecule has 116 valence electrons. The molecule has 2 aromatic rings. The lowest BCUT2D eigenvalue weighted by molar-refractivity contribution is 0.0953. The van der Waals surface area contributed by atoms with Gasteiger partial charge in [0.2, 0.25) is 0 Å². The number of hydrogen-bond donors (Lipinski definition) is 2. The zero-order chi connectivity index (χ0) is 15.6. The van der Waals surface area contributed by atoms with Crippen molar-refractivity contribution in [2.75, 3.05) is 20.1 Å². The highest BCUT2D eigenvalue weighted by molar-refractivity contribution is 5.94. The number of pyridine rings is 1. The molecule has 0 unspecified atom stereocenters. The smallest absolute Gasteiger partial charge is 0.251 e. The molecule has 0 bridgehead atoms. The number of nitrogens with one attached hydrogen (secondary N) is 2. The summed E-state index contributed by atoms with van der Waals surface area (Å²) >= 11 is 0. The monoisotopic (exact) mass is 299 g/mol. The molecule has 0 radical (unpaired) electrons. The van der Waals surface area contributed by atoms with Gasteiger partial charge in [0.25, 0.3) is 5.91 Å². The Kier molecular flexibility index (Phi) is 6.39. The summed E-state index contributed by atoms with van der Waals surface area (Å²) in [7, 11) is 1.89. The number of carbonyl (C=O) groups is 1. The third-order valence-electron chi connectivity index (χ3n) is 3.11. The Morgan fingerprint density at radius 1 is 1.23 bits per heavy atom. The fraction of sp³-hybridized carbons (Fsp3) is 0.294. The van der Waals surface area contributed by atoms with Crippen molar-refractivity contribution in [1.29, 1.82) is 0 Å². The Bertz CT molecular complexity index is 587. The molecule has 0 fully saturated rings. The molecule has 1 aromatic carbocycles. The van der Waals surface area contributed by atoms with Gasteiger partial charge in [-0.3, -0.25) is 9.78 Å². The van der Waals surface area contributed by atoms with Crippen LogP contribution in [0.1, 0.15) is 22.3 Å². The highest BCUT2D eigenvalue weighted by Crippen LogP contribution is 2.15. The molecule has 5 heteroatoms. The average Bonchev–Trinajstić information content (AvgIpc) is 2.58. The lowest BCUT2D eigenvalue weighted by Crippen LogP contribution is -2.26. The first-order valence-corrected chi connectivity index (χ1v) is 7.34. The molecule has 0 aliphatic rings. The molecular weight excluding hydrogens is 278 g/mol. The van der Waals surface area contributed by atoms with E-state index in [-0.39, 0.29) is 5.91 Å². The lowest BCUT2D eigenvalue weighted by Gasteiger charge is -2.09. The van der Waals surface area contributed by atoms with Gasteiger partial charge in [0.05, 0.1) is 0 Å². The van der Waals surface area contributed by atoms with Crippen LogP contribution >= 0.6 is 0 Å². The first kappa shape index (κ1) is 16.0. The maximum absolute atomic E-state index is 12.0. The van der Waals surface area contributed by atoms with E-state index in [1.165, 1.54) is 0 Å². The zero-order valence-electron chi connectivity index (χ0n) is 12.7. The molecule has 2 N–H and O–H groups in total. The number of ether oxygens (including phenoxy) is 1. The number of benzene rings is 1. The van der Waals surface area contributed by atoms with E-state index in [1.54, 1.807) is 24.5 Å². The van der Waals surface area contributed by atoms with Crippen LogP contribution < -0.4 is 15.4 Å². The maximum atomic E-state index is 12.0. The van der Waals surface area contributed by atoms with E-state index in [0.717, 1.165) is 18.5 Å². The van der Waals surface area contributed by atoms with Crippen molar-refractivity contribution in [1.82, 2.24) is 15.6 Å². The Morgan fingerprint density at radius 2 is 2.14 bits per heavy atom. The van der Waals surface area contributed by atoms with Gasteiger partial charge >= 0.3 is 0 Å². The molecule has 2 rings (SSSR count). The molecule has 0 aliphatic carbocycles. The minimum atomic E-state index is -0.0806. The van der Waals surface area contributed by atoms with Crippen molar-refractivity contribution in [3.63, 3.8) is 0 Å². The summed E-state index contributed by atoms with van der Waals surface area (Å²) < 4.78 is 5.70. The number of hydrogen-bond acceptors (Lipinski definition) is 4. The normalized spacial score (nSPS) is 10.2. The van der Waals surface area contributed by atoms with Gasteiger partial charge in [-0.2, -0.15) is 0 Å². The Labute approximate surface area is 130 Å². The summed E-state index contributed by atoms with van der Waals surface area (Å²) in [5.74, 6) is 0.592. The average molecular weight is 299 g/mol. The summed E-state index contributed by atoms with van der Waals surface area (Å²) in [4.78, 5) is 16.1. The predicted octanol–water partition coefficient (Wildman–Crippen LogP) is 2.00. The summed E-state index contributed by atoms with van der Waals surface area (Å²) in [6.45, 7) is 1.97. The largest absolute Gasteiger partial charge is 0.489 e. The number of rotatable bonds is 8. The fourth-order valence-electron chi connectivity index (χ4n) is 1.95. The van der Waals surface area contributed by atoms with E-state index < -0.39 is 0 Å². The molecule has 0 spiro atoms. The third-order valence-corrected chi connectivity index (χ3v) is 3.11. The standard InChI is InChI=1S/C17H21N3O2/c1-18-8-4-10-20-17(21)15-6-2-7-16(11-15)22-13-14-5-3-9-19-12-14/h2-3,5-7,9,11-12,18H,4,8,10,13H2,1H3,(H,20,21). The van der Waals surface area contributed by atoms with Gasteiger partial charge in [-0.1, -0.05) is 12.1 Å². The van der Waals surface area contributed by atoms with Gasteiger partial charge in [-0.15, -0.1) is 0 Å². The van der Waals surface area contributed by atoms with Crippen molar-refractivity contribution >= 4 is 5.91 Å². The number of carbonyl (C=O) groups excluding carboxylic acids is 1. The first-order chi connectivity index (χ1) is 10.8. The molecule has 1 aromatic heterocycles. The van der Waals surface area contributed by atoms with E-state index in [1.807, 2.05) is 31.3 Å². The van der Waals surface area contributed by atoms with Crippen LogP contribution in [-0.2, 0) is 6.61 Å². The van der Waals surface area contributed by atoms with E-state index in [4.69, 9.17) is 4.74 Å². The molecule has 0 aliphatic heterocycles. The topological polar surface area (TPSA) is 63.2 Å². The van der Waals surface area contributed by atoms with Crippen LogP contribution in [0.15, 0.2) is 48.8 Å². The molecule has 0 saturated heterocycles. The van der Waals surface area contributed by atoms with Gasteiger partial charge in [0, 0.05) is 30.1 Å². The number of amides is 1.